The van der Waals surface area contributed by atoms with E-state index in [1.165, 1.54) is 20.6 Å². The van der Waals surface area contributed by atoms with Gasteiger partial charge in [0, 0.05) is 30.5 Å². The molecular weight excluding hydrogens is 266 g/mol. The van der Waals surface area contributed by atoms with Gasteiger partial charge in [-0.3, -0.25) is 4.98 Å². The lowest BCUT2D eigenvalue weighted by Crippen LogP contribution is -2.22. The maximum absolute atomic E-state index is 12.1. The minimum atomic E-state index is -0.215. The molecule has 0 aliphatic heterocycles. The molecule has 0 aromatic carbocycles. The average Bonchev–Trinajstić information content (AvgIpc) is 2.98. The summed E-state index contributed by atoms with van der Waals surface area (Å²) in [5.74, 6) is 0. The van der Waals surface area contributed by atoms with Crippen LogP contribution in [0, 0.1) is 0 Å². The molecule has 0 saturated carbocycles. The molecule has 9 heteroatoms. The zero-order chi connectivity index (χ0) is 13.2. The fraction of sp³-hybridized carbons (Fsp3) is 0.300. The number of rotatable bonds is 4. The highest BCUT2D eigenvalue weighted by molar-refractivity contribution is 7.10. The van der Waals surface area contributed by atoms with Crippen LogP contribution >= 0.6 is 11.5 Å². The Kier molecular flexibility index (Phi) is 2.95. The summed E-state index contributed by atoms with van der Waals surface area (Å²) in [7, 11) is 0. The fourth-order valence-electron chi connectivity index (χ4n) is 1.73. The molecule has 0 aliphatic rings. The van der Waals surface area contributed by atoms with E-state index in [1.807, 2.05) is 6.92 Å². The van der Waals surface area contributed by atoms with E-state index >= 15 is 0 Å². The maximum atomic E-state index is 12.1. The van der Waals surface area contributed by atoms with E-state index in [0.717, 1.165) is 11.5 Å². The summed E-state index contributed by atoms with van der Waals surface area (Å²) in [6.45, 7) is 3.06. The Morgan fingerprint density at radius 3 is 3.16 bits per heavy atom. The van der Waals surface area contributed by atoms with Crippen LogP contribution in [-0.4, -0.2) is 35.3 Å². The van der Waals surface area contributed by atoms with Crippen molar-refractivity contribution in [1.82, 2.24) is 28.8 Å². The van der Waals surface area contributed by atoms with E-state index in [1.54, 1.807) is 18.6 Å². The molecular formula is C10H11N7OS. The van der Waals surface area contributed by atoms with Gasteiger partial charge in [0.25, 0.3) is 0 Å². The van der Waals surface area contributed by atoms with Gasteiger partial charge in [-0.15, -0.1) is 10.2 Å². The first-order valence-electron chi connectivity index (χ1n) is 5.74. The summed E-state index contributed by atoms with van der Waals surface area (Å²) in [5.41, 5.74) is 1.01. The highest BCUT2D eigenvalue weighted by Crippen LogP contribution is 2.17. The number of nitrogens with zero attached hydrogens (tertiary/aromatic N) is 6. The number of hydrogen-bond donors (Lipinski definition) is 1. The Labute approximate surface area is 111 Å². The Morgan fingerprint density at radius 1 is 1.47 bits per heavy atom. The number of nitrogens with one attached hydrogen (secondary N) is 1. The van der Waals surface area contributed by atoms with Gasteiger partial charge in [-0.1, -0.05) is 4.49 Å². The van der Waals surface area contributed by atoms with E-state index in [4.69, 9.17) is 0 Å². The number of anilines is 1. The SMILES string of the molecule is CCNc1snnc1Cn1nc2cnccn2c1=O. The monoisotopic (exact) mass is 277 g/mol. The molecule has 3 rings (SSSR count). The molecule has 0 radical (unpaired) electrons. The van der Waals surface area contributed by atoms with Gasteiger partial charge in [0.05, 0.1) is 12.7 Å². The molecule has 0 bridgehead atoms. The molecule has 98 valence electrons. The van der Waals surface area contributed by atoms with Crippen molar-refractivity contribution in [2.24, 2.45) is 0 Å². The van der Waals surface area contributed by atoms with Crippen LogP contribution in [0.3, 0.4) is 0 Å². The van der Waals surface area contributed by atoms with Crippen molar-refractivity contribution in [3.63, 3.8) is 0 Å². The Balaban J connectivity index is 1.99. The van der Waals surface area contributed by atoms with Gasteiger partial charge in [-0.25, -0.2) is 13.9 Å². The lowest BCUT2D eigenvalue weighted by Gasteiger charge is -2.00. The van der Waals surface area contributed by atoms with Crippen molar-refractivity contribution in [2.45, 2.75) is 13.5 Å². The average molecular weight is 277 g/mol. The second kappa shape index (κ2) is 4.76. The first kappa shape index (κ1) is 11.8. The zero-order valence-corrected chi connectivity index (χ0v) is 11.0. The summed E-state index contributed by atoms with van der Waals surface area (Å²) in [4.78, 5) is 16.0. The molecule has 3 heterocycles. The van der Waals surface area contributed by atoms with Crippen molar-refractivity contribution < 1.29 is 0 Å². The van der Waals surface area contributed by atoms with Gasteiger partial charge >= 0.3 is 5.69 Å². The molecule has 0 spiro atoms. The predicted octanol–water partition coefficient (Wildman–Crippen LogP) is 0.223. The van der Waals surface area contributed by atoms with E-state index in [2.05, 4.69) is 25.0 Å². The van der Waals surface area contributed by atoms with Crippen LogP contribution in [-0.2, 0) is 6.54 Å². The number of fused-ring (bicyclic) bond motifs is 1. The quantitative estimate of drug-likeness (QED) is 0.734. The Bertz CT molecular complexity index is 758. The minimum Gasteiger partial charge on any atom is -0.374 e. The Hall–Kier alpha value is -2.29. The zero-order valence-electron chi connectivity index (χ0n) is 10.1. The standard InChI is InChI=1S/C10H11N7OS/c1-2-12-9-7(13-15-19-9)6-17-10(18)16-4-3-11-5-8(16)14-17/h3-5,12H,2,6H2,1H3. The molecule has 8 nitrogen and oxygen atoms in total. The first-order valence-corrected chi connectivity index (χ1v) is 6.51. The highest BCUT2D eigenvalue weighted by atomic mass is 32.1. The third-order valence-electron chi connectivity index (χ3n) is 2.58. The van der Waals surface area contributed by atoms with Crippen molar-refractivity contribution in [3.8, 4) is 0 Å². The third kappa shape index (κ3) is 2.08. The topological polar surface area (TPSA) is 90.0 Å². The van der Waals surface area contributed by atoms with Crippen LogP contribution in [0.5, 0.6) is 0 Å². The third-order valence-corrected chi connectivity index (χ3v) is 3.31. The number of aromatic nitrogens is 6. The van der Waals surface area contributed by atoms with Gasteiger partial charge in [0.2, 0.25) is 0 Å². The highest BCUT2D eigenvalue weighted by Gasteiger charge is 2.12. The van der Waals surface area contributed by atoms with Crippen LogP contribution in [0.2, 0.25) is 0 Å². The summed E-state index contributed by atoms with van der Waals surface area (Å²) >= 11 is 1.27. The van der Waals surface area contributed by atoms with Crippen LogP contribution < -0.4 is 11.0 Å². The summed E-state index contributed by atoms with van der Waals surface area (Å²) in [6.07, 6.45) is 4.68. The molecule has 0 saturated heterocycles. The first-order chi connectivity index (χ1) is 9.29. The Morgan fingerprint density at radius 2 is 2.37 bits per heavy atom. The smallest absolute Gasteiger partial charge is 0.350 e. The molecule has 0 unspecified atom stereocenters. The van der Waals surface area contributed by atoms with Crippen LogP contribution in [0.4, 0.5) is 5.00 Å². The van der Waals surface area contributed by atoms with Crippen molar-refractivity contribution in [3.05, 3.63) is 34.8 Å². The van der Waals surface area contributed by atoms with E-state index < -0.39 is 0 Å². The van der Waals surface area contributed by atoms with E-state index in [-0.39, 0.29) is 5.69 Å². The predicted molar refractivity (Wildman–Crippen MR) is 70.4 cm³/mol. The van der Waals surface area contributed by atoms with Crippen LogP contribution in [0.25, 0.3) is 5.65 Å². The van der Waals surface area contributed by atoms with Crippen molar-refractivity contribution in [2.75, 3.05) is 11.9 Å². The van der Waals surface area contributed by atoms with Gasteiger partial charge in [-0.2, -0.15) is 0 Å². The molecule has 0 fully saturated rings. The van der Waals surface area contributed by atoms with Crippen molar-refractivity contribution >= 4 is 22.2 Å². The van der Waals surface area contributed by atoms with Gasteiger partial charge in [-0.05, 0) is 6.92 Å². The summed E-state index contributed by atoms with van der Waals surface area (Å²) < 4.78 is 6.69. The fourth-order valence-corrected chi connectivity index (χ4v) is 2.37. The molecule has 19 heavy (non-hydrogen) atoms. The number of hydrogen-bond acceptors (Lipinski definition) is 7. The van der Waals surface area contributed by atoms with Gasteiger partial charge in [0.15, 0.2) is 5.65 Å². The molecule has 0 aliphatic carbocycles. The second-order valence-corrected chi connectivity index (χ2v) is 4.58. The largest absolute Gasteiger partial charge is 0.374 e. The van der Waals surface area contributed by atoms with E-state index in [9.17, 15) is 4.79 Å². The molecule has 0 atom stereocenters. The van der Waals surface area contributed by atoms with Crippen molar-refractivity contribution in [1.29, 1.82) is 0 Å². The maximum Gasteiger partial charge on any atom is 0.350 e. The lowest BCUT2D eigenvalue weighted by molar-refractivity contribution is 0.645. The van der Waals surface area contributed by atoms with Gasteiger partial charge in [0.1, 0.15) is 10.7 Å². The molecule has 3 aromatic heterocycles. The van der Waals surface area contributed by atoms with E-state index in [0.29, 0.717) is 17.9 Å². The summed E-state index contributed by atoms with van der Waals surface area (Å²) in [5, 5.41) is 12.3. The normalized spacial score (nSPS) is 11.0. The second-order valence-electron chi connectivity index (χ2n) is 3.82. The summed E-state index contributed by atoms with van der Waals surface area (Å²) in [6, 6.07) is 0. The lowest BCUT2D eigenvalue weighted by atomic mass is 10.4. The van der Waals surface area contributed by atoms with Crippen LogP contribution in [0.15, 0.2) is 23.4 Å². The molecule has 3 aromatic rings. The minimum absolute atomic E-state index is 0.215. The molecule has 0 amide bonds. The molecule has 1 N–H and O–H groups in total. The van der Waals surface area contributed by atoms with Crippen LogP contribution in [0.1, 0.15) is 12.6 Å². The van der Waals surface area contributed by atoms with Gasteiger partial charge < -0.3 is 5.32 Å².